The molecule has 0 N–H and O–H groups in total. The van der Waals surface area contributed by atoms with Crippen LogP contribution in [0.3, 0.4) is 0 Å². The summed E-state index contributed by atoms with van der Waals surface area (Å²) in [6.45, 7) is 2.02. The molecule has 0 amide bonds. The lowest BCUT2D eigenvalue weighted by Gasteiger charge is -2.05. The van der Waals surface area contributed by atoms with Crippen LogP contribution in [0.25, 0.3) is 5.69 Å². The number of hydrogen-bond acceptors (Lipinski definition) is 7. The van der Waals surface area contributed by atoms with Crippen LogP contribution >= 0.6 is 11.8 Å². The Bertz CT molecular complexity index is 1020. The second-order valence-electron chi connectivity index (χ2n) is 5.61. The Morgan fingerprint density at radius 1 is 1.18 bits per heavy atom. The van der Waals surface area contributed by atoms with Crippen LogP contribution in [0.4, 0.5) is 0 Å². The van der Waals surface area contributed by atoms with Crippen molar-refractivity contribution < 1.29 is 14.3 Å². The van der Waals surface area contributed by atoms with E-state index in [1.54, 1.807) is 36.1 Å². The standard InChI is InChI=1S/C20H18N4O3S/c1-15-8-3-4-11-18(15)24-20(21-22-23-24)28-13-6-5-12-27-19(25)16-9-7-10-17(14-16)26-2/h3-4,7-11,14H,12-13H2,1-2H3. The second-order valence-corrected chi connectivity index (χ2v) is 6.55. The SMILES string of the molecule is COc1cccc(C(=O)OCC#CCSc2nnnn2-c2ccccc2C)c1. The zero-order chi connectivity index (χ0) is 19.8. The lowest BCUT2D eigenvalue weighted by atomic mass is 10.2. The van der Waals surface area contributed by atoms with Gasteiger partial charge in [0.1, 0.15) is 5.75 Å². The Morgan fingerprint density at radius 3 is 2.86 bits per heavy atom. The number of methoxy groups -OCH3 is 1. The fourth-order valence-corrected chi connectivity index (χ4v) is 3.01. The van der Waals surface area contributed by atoms with Gasteiger partial charge in [0.05, 0.1) is 24.1 Å². The molecule has 0 aliphatic carbocycles. The number of hydrogen-bond donors (Lipinski definition) is 0. The van der Waals surface area contributed by atoms with E-state index in [4.69, 9.17) is 9.47 Å². The minimum absolute atomic E-state index is 0.0132. The number of carbonyl (C=O) groups is 1. The van der Waals surface area contributed by atoms with Gasteiger partial charge in [-0.3, -0.25) is 0 Å². The third-order valence-electron chi connectivity index (χ3n) is 3.76. The normalized spacial score (nSPS) is 10.1. The molecule has 3 aromatic rings. The zero-order valence-corrected chi connectivity index (χ0v) is 16.3. The van der Waals surface area contributed by atoms with Crippen molar-refractivity contribution in [2.45, 2.75) is 12.1 Å². The van der Waals surface area contributed by atoms with Gasteiger partial charge in [-0.05, 0) is 47.2 Å². The predicted molar refractivity (Wildman–Crippen MR) is 106 cm³/mol. The molecule has 3 rings (SSSR count). The lowest BCUT2D eigenvalue weighted by molar-refractivity contribution is 0.0556. The van der Waals surface area contributed by atoms with E-state index >= 15 is 0 Å². The Labute approximate surface area is 167 Å². The van der Waals surface area contributed by atoms with Crippen LogP contribution in [-0.2, 0) is 4.74 Å². The Hall–Kier alpha value is -3.31. The van der Waals surface area contributed by atoms with Crippen molar-refractivity contribution in [3.05, 3.63) is 59.7 Å². The average Bonchev–Trinajstić information content (AvgIpc) is 3.19. The Morgan fingerprint density at radius 2 is 2.04 bits per heavy atom. The third kappa shape index (κ3) is 4.90. The maximum Gasteiger partial charge on any atom is 0.339 e. The number of benzene rings is 2. The van der Waals surface area contributed by atoms with Gasteiger partial charge in [-0.2, -0.15) is 4.68 Å². The molecular weight excluding hydrogens is 376 g/mol. The maximum atomic E-state index is 12.0. The number of carbonyl (C=O) groups excluding carboxylic acids is 1. The number of aromatic nitrogens is 4. The highest BCUT2D eigenvalue weighted by atomic mass is 32.2. The van der Waals surface area contributed by atoms with Crippen molar-refractivity contribution in [2.75, 3.05) is 19.5 Å². The molecule has 0 aliphatic heterocycles. The first-order valence-corrected chi connectivity index (χ1v) is 9.41. The summed E-state index contributed by atoms with van der Waals surface area (Å²) in [7, 11) is 1.54. The first kappa shape index (κ1) is 19.5. The van der Waals surface area contributed by atoms with E-state index in [0.29, 0.717) is 22.2 Å². The summed E-state index contributed by atoms with van der Waals surface area (Å²) in [5.74, 6) is 6.41. The van der Waals surface area contributed by atoms with E-state index in [9.17, 15) is 4.79 Å². The molecule has 7 nitrogen and oxygen atoms in total. The van der Waals surface area contributed by atoms with Crippen LogP contribution in [0.15, 0.2) is 53.7 Å². The van der Waals surface area contributed by atoms with Crippen LogP contribution in [0, 0.1) is 18.8 Å². The number of rotatable bonds is 6. The summed E-state index contributed by atoms with van der Waals surface area (Å²) in [5, 5.41) is 12.5. The fourth-order valence-electron chi connectivity index (χ4n) is 2.36. The molecule has 142 valence electrons. The van der Waals surface area contributed by atoms with Crippen LogP contribution in [-0.4, -0.2) is 45.6 Å². The lowest BCUT2D eigenvalue weighted by Crippen LogP contribution is -2.05. The van der Waals surface area contributed by atoms with Crippen LogP contribution in [0.5, 0.6) is 5.75 Å². The van der Waals surface area contributed by atoms with E-state index < -0.39 is 5.97 Å². The van der Waals surface area contributed by atoms with Gasteiger partial charge in [-0.25, -0.2) is 4.79 Å². The highest BCUT2D eigenvalue weighted by Gasteiger charge is 2.10. The first-order chi connectivity index (χ1) is 13.7. The number of aryl methyl sites for hydroxylation is 1. The molecule has 8 heteroatoms. The van der Waals surface area contributed by atoms with Crippen molar-refractivity contribution in [3.8, 4) is 23.3 Å². The van der Waals surface area contributed by atoms with E-state index in [1.165, 1.54) is 11.8 Å². The van der Waals surface area contributed by atoms with Gasteiger partial charge in [0.25, 0.3) is 0 Å². The summed E-state index contributed by atoms with van der Waals surface area (Å²) in [6.07, 6.45) is 0. The summed E-state index contributed by atoms with van der Waals surface area (Å²) < 4.78 is 11.9. The van der Waals surface area contributed by atoms with Crippen LogP contribution < -0.4 is 4.74 Å². The third-order valence-corrected chi connectivity index (χ3v) is 4.57. The molecule has 0 atom stereocenters. The fraction of sp³-hybridized carbons (Fsp3) is 0.200. The van der Waals surface area contributed by atoms with Gasteiger partial charge in [-0.1, -0.05) is 47.9 Å². The average molecular weight is 394 g/mol. The van der Waals surface area contributed by atoms with Gasteiger partial charge in [0, 0.05) is 0 Å². The number of ether oxygens (including phenoxy) is 2. The molecule has 1 aromatic heterocycles. The monoisotopic (exact) mass is 394 g/mol. The molecule has 1 heterocycles. The number of para-hydroxylation sites is 1. The number of tetrazole rings is 1. The van der Waals surface area contributed by atoms with Crippen LogP contribution in [0.2, 0.25) is 0 Å². The van der Waals surface area contributed by atoms with Crippen molar-refractivity contribution in [1.82, 2.24) is 20.2 Å². The Kier molecular flexibility index (Phi) is 6.65. The molecule has 28 heavy (non-hydrogen) atoms. The van der Waals surface area contributed by atoms with Crippen LogP contribution in [0.1, 0.15) is 15.9 Å². The highest BCUT2D eigenvalue weighted by molar-refractivity contribution is 7.99. The summed E-state index contributed by atoms with van der Waals surface area (Å²) in [4.78, 5) is 12.0. The van der Waals surface area contributed by atoms with Gasteiger partial charge in [-0.15, -0.1) is 5.10 Å². The van der Waals surface area contributed by atoms with Gasteiger partial charge in [0.15, 0.2) is 6.61 Å². The molecule has 0 fully saturated rings. The molecule has 0 saturated carbocycles. The van der Waals surface area contributed by atoms with E-state index in [1.807, 2.05) is 31.2 Å². The summed E-state index contributed by atoms with van der Waals surface area (Å²) in [6, 6.07) is 14.6. The minimum Gasteiger partial charge on any atom is -0.497 e. The molecule has 0 saturated heterocycles. The summed E-state index contributed by atoms with van der Waals surface area (Å²) in [5.41, 5.74) is 2.43. The second kappa shape index (κ2) is 9.58. The number of nitrogens with zero attached hydrogens (tertiary/aromatic N) is 4. The van der Waals surface area contributed by atoms with Crippen molar-refractivity contribution in [1.29, 1.82) is 0 Å². The van der Waals surface area contributed by atoms with Gasteiger partial charge in [0.2, 0.25) is 5.16 Å². The topological polar surface area (TPSA) is 79.1 Å². The van der Waals surface area contributed by atoms with E-state index in [0.717, 1.165) is 11.3 Å². The largest absolute Gasteiger partial charge is 0.497 e. The van der Waals surface area contributed by atoms with Crippen molar-refractivity contribution in [2.24, 2.45) is 0 Å². The maximum absolute atomic E-state index is 12.0. The van der Waals surface area contributed by atoms with Gasteiger partial charge >= 0.3 is 5.97 Å². The van der Waals surface area contributed by atoms with Crippen molar-refractivity contribution in [3.63, 3.8) is 0 Å². The quantitative estimate of drug-likeness (QED) is 0.361. The smallest absolute Gasteiger partial charge is 0.339 e. The number of thioether (sulfide) groups is 1. The minimum atomic E-state index is -0.440. The Balaban J connectivity index is 1.51. The molecule has 2 aromatic carbocycles. The summed E-state index contributed by atoms with van der Waals surface area (Å²) >= 11 is 1.41. The number of esters is 1. The molecule has 0 unspecified atom stereocenters. The highest BCUT2D eigenvalue weighted by Crippen LogP contribution is 2.19. The van der Waals surface area contributed by atoms with E-state index in [2.05, 4.69) is 27.4 Å². The molecule has 0 spiro atoms. The molecular formula is C20H18N4O3S. The molecule has 0 radical (unpaired) electrons. The van der Waals surface area contributed by atoms with Crippen molar-refractivity contribution >= 4 is 17.7 Å². The first-order valence-electron chi connectivity index (χ1n) is 8.43. The van der Waals surface area contributed by atoms with E-state index in [-0.39, 0.29) is 6.61 Å². The predicted octanol–water partition coefficient (Wildman–Crippen LogP) is 2.93. The zero-order valence-electron chi connectivity index (χ0n) is 15.5. The van der Waals surface area contributed by atoms with Gasteiger partial charge < -0.3 is 9.47 Å². The molecule has 0 bridgehead atoms. The molecule has 0 aliphatic rings.